The van der Waals surface area contributed by atoms with Gasteiger partial charge in [-0.3, -0.25) is 0 Å². The highest BCUT2D eigenvalue weighted by molar-refractivity contribution is 8.00. The van der Waals surface area contributed by atoms with Gasteiger partial charge in [-0.25, -0.2) is 9.78 Å². The first-order valence-electron chi connectivity index (χ1n) is 6.47. The van der Waals surface area contributed by atoms with Gasteiger partial charge in [-0.2, -0.15) is 4.68 Å². The van der Waals surface area contributed by atoms with Gasteiger partial charge in [0.15, 0.2) is 4.34 Å². The molecule has 23 heavy (non-hydrogen) atoms. The first kappa shape index (κ1) is 15.4. The number of carbonyl (C=O) groups is 1. The van der Waals surface area contributed by atoms with Crippen molar-refractivity contribution < 1.29 is 9.90 Å². The van der Waals surface area contributed by atoms with Crippen LogP contribution >= 0.6 is 23.1 Å². The lowest BCUT2D eigenvalue weighted by Gasteiger charge is -2.12. The zero-order valence-corrected chi connectivity index (χ0v) is 13.9. The van der Waals surface area contributed by atoms with Crippen LogP contribution < -0.4 is 4.90 Å². The van der Waals surface area contributed by atoms with Gasteiger partial charge in [-0.1, -0.05) is 0 Å². The molecule has 3 rings (SSSR count). The van der Waals surface area contributed by atoms with Crippen molar-refractivity contribution in [3.8, 4) is 5.69 Å². The Morgan fingerprint density at radius 1 is 1.30 bits per heavy atom. The minimum Gasteiger partial charge on any atom is -0.477 e. The summed E-state index contributed by atoms with van der Waals surface area (Å²) in [6.45, 7) is 0. The number of aromatic carboxylic acids is 1. The van der Waals surface area contributed by atoms with Crippen LogP contribution in [0.15, 0.2) is 40.0 Å². The van der Waals surface area contributed by atoms with Crippen LogP contribution in [0.25, 0.3) is 5.69 Å². The van der Waals surface area contributed by atoms with Gasteiger partial charge < -0.3 is 10.0 Å². The summed E-state index contributed by atoms with van der Waals surface area (Å²) < 4.78 is 2.16. The van der Waals surface area contributed by atoms with E-state index in [1.54, 1.807) is 4.68 Å². The molecule has 1 N–H and O–H groups in total. The Morgan fingerprint density at radius 2 is 2.04 bits per heavy atom. The van der Waals surface area contributed by atoms with Crippen molar-refractivity contribution in [2.24, 2.45) is 0 Å². The zero-order chi connectivity index (χ0) is 16.4. The average Bonchev–Trinajstić information content (AvgIpc) is 3.17. The summed E-state index contributed by atoms with van der Waals surface area (Å²) in [6, 6.07) is 7.77. The number of carboxylic acids is 1. The highest BCUT2D eigenvalue weighted by Gasteiger charge is 2.15. The number of thiazole rings is 1. The Balaban J connectivity index is 1.85. The van der Waals surface area contributed by atoms with E-state index in [2.05, 4.69) is 20.5 Å². The van der Waals surface area contributed by atoms with Crippen LogP contribution in [0, 0.1) is 0 Å². The van der Waals surface area contributed by atoms with E-state index in [9.17, 15) is 4.79 Å². The molecule has 0 spiro atoms. The van der Waals surface area contributed by atoms with E-state index in [0.717, 1.165) is 22.7 Å². The third-order valence-corrected chi connectivity index (χ3v) is 4.92. The molecule has 10 heteroatoms. The predicted molar refractivity (Wildman–Crippen MR) is 86.7 cm³/mol. The maximum absolute atomic E-state index is 10.9. The molecule has 1 aromatic carbocycles. The summed E-state index contributed by atoms with van der Waals surface area (Å²) >= 11 is 2.31. The second-order valence-corrected chi connectivity index (χ2v) is 6.93. The van der Waals surface area contributed by atoms with Crippen LogP contribution in [0.5, 0.6) is 0 Å². The van der Waals surface area contributed by atoms with Crippen molar-refractivity contribution in [1.29, 1.82) is 0 Å². The number of carboxylic acid groups (broad SMARTS) is 1. The van der Waals surface area contributed by atoms with E-state index in [-0.39, 0.29) is 4.88 Å². The smallest absolute Gasteiger partial charge is 0.347 e. The van der Waals surface area contributed by atoms with Crippen LogP contribution in [0.3, 0.4) is 0 Å². The van der Waals surface area contributed by atoms with Crippen molar-refractivity contribution in [3.63, 3.8) is 0 Å². The summed E-state index contributed by atoms with van der Waals surface area (Å²) in [5.41, 5.74) is 1.89. The quantitative estimate of drug-likeness (QED) is 0.748. The SMILES string of the molecule is CN(C)c1ccc(-n2nnnc2Sc2ncc(C(=O)O)s2)cc1. The summed E-state index contributed by atoms with van der Waals surface area (Å²) in [5, 5.41) is 21.1. The molecule has 0 radical (unpaired) electrons. The van der Waals surface area contributed by atoms with E-state index in [0.29, 0.717) is 9.50 Å². The second-order valence-electron chi connectivity index (χ2n) is 4.68. The third-order valence-electron chi connectivity index (χ3n) is 2.93. The Labute approximate surface area is 139 Å². The minimum absolute atomic E-state index is 0.182. The highest BCUT2D eigenvalue weighted by Crippen LogP contribution is 2.30. The van der Waals surface area contributed by atoms with Crippen LogP contribution in [-0.4, -0.2) is 50.4 Å². The molecular formula is C13H12N6O2S2. The molecule has 0 fully saturated rings. The molecular weight excluding hydrogens is 336 g/mol. The zero-order valence-electron chi connectivity index (χ0n) is 12.2. The van der Waals surface area contributed by atoms with Gasteiger partial charge in [0.05, 0.1) is 11.9 Å². The van der Waals surface area contributed by atoms with Gasteiger partial charge in [-0.15, -0.1) is 16.4 Å². The minimum atomic E-state index is -0.992. The molecule has 0 aliphatic carbocycles. The first-order chi connectivity index (χ1) is 11.0. The molecule has 8 nitrogen and oxygen atoms in total. The summed E-state index contributed by atoms with van der Waals surface area (Å²) in [4.78, 5) is 17.2. The van der Waals surface area contributed by atoms with Crippen LogP contribution in [0.1, 0.15) is 9.67 Å². The van der Waals surface area contributed by atoms with Crippen molar-refractivity contribution in [2.45, 2.75) is 9.50 Å². The van der Waals surface area contributed by atoms with E-state index in [1.165, 1.54) is 18.0 Å². The average molecular weight is 348 g/mol. The largest absolute Gasteiger partial charge is 0.477 e. The van der Waals surface area contributed by atoms with E-state index >= 15 is 0 Å². The van der Waals surface area contributed by atoms with Gasteiger partial charge in [-0.05, 0) is 46.5 Å². The van der Waals surface area contributed by atoms with Gasteiger partial charge in [0, 0.05) is 19.8 Å². The second kappa shape index (κ2) is 6.34. The summed E-state index contributed by atoms with van der Waals surface area (Å²) in [7, 11) is 3.94. The Kier molecular flexibility index (Phi) is 4.26. The monoisotopic (exact) mass is 348 g/mol. The lowest BCUT2D eigenvalue weighted by Crippen LogP contribution is -2.08. The number of hydrogen-bond donors (Lipinski definition) is 1. The number of rotatable bonds is 5. The lowest BCUT2D eigenvalue weighted by atomic mass is 10.3. The van der Waals surface area contributed by atoms with Gasteiger partial charge in [0.25, 0.3) is 0 Å². The molecule has 0 saturated heterocycles. The Hall–Kier alpha value is -2.46. The fourth-order valence-corrected chi connectivity index (χ4v) is 3.49. The van der Waals surface area contributed by atoms with Crippen molar-refractivity contribution in [1.82, 2.24) is 25.2 Å². The highest BCUT2D eigenvalue weighted by atomic mass is 32.2. The molecule has 2 aromatic heterocycles. The topological polar surface area (TPSA) is 97.0 Å². The van der Waals surface area contributed by atoms with Crippen molar-refractivity contribution >= 4 is 34.8 Å². The lowest BCUT2D eigenvalue weighted by molar-refractivity contribution is 0.0702. The fourth-order valence-electron chi connectivity index (χ4n) is 1.78. The van der Waals surface area contributed by atoms with E-state index in [1.807, 2.05) is 43.3 Å². The van der Waals surface area contributed by atoms with Crippen LogP contribution in [0.4, 0.5) is 5.69 Å². The van der Waals surface area contributed by atoms with Crippen LogP contribution in [0.2, 0.25) is 0 Å². The Morgan fingerprint density at radius 3 is 2.65 bits per heavy atom. The normalized spacial score (nSPS) is 10.7. The molecule has 0 unspecified atom stereocenters. The summed E-state index contributed by atoms with van der Waals surface area (Å²) in [5.74, 6) is -0.992. The molecule has 0 atom stereocenters. The maximum Gasteiger partial charge on any atom is 0.347 e. The maximum atomic E-state index is 10.9. The standard InChI is InChI=1S/C13H12N6O2S2/c1-18(2)8-3-5-9(6-4-8)19-12(15-16-17-19)23-13-14-7-10(22-13)11(20)21/h3-7H,1-2H3,(H,20,21). The number of benzene rings is 1. The van der Waals surface area contributed by atoms with Gasteiger partial charge >= 0.3 is 5.97 Å². The van der Waals surface area contributed by atoms with Crippen molar-refractivity contribution in [2.75, 3.05) is 19.0 Å². The van der Waals surface area contributed by atoms with Gasteiger partial charge in [0.2, 0.25) is 5.16 Å². The fraction of sp³-hybridized carbons (Fsp3) is 0.154. The Bertz CT molecular complexity index is 827. The molecule has 118 valence electrons. The molecule has 0 saturated carbocycles. The number of nitrogens with zero attached hydrogens (tertiary/aromatic N) is 6. The molecule has 0 aliphatic rings. The van der Waals surface area contributed by atoms with E-state index < -0.39 is 5.97 Å². The number of anilines is 1. The van der Waals surface area contributed by atoms with E-state index in [4.69, 9.17) is 5.11 Å². The molecule has 0 amide bonds. The number of tetrazole rings is 1. The molecule has 3 aromatic rings. The van der Waals surface area contributed by atoms with Gasteiger partial charge in [0.1, 0.15) is 4.88 Å². The molecule has 2 heterocycles. The van der Waals surface area contributed by atoms with Crippen molar-refractivity contribution in [3.05, 3.63) is 35.3 Å². The molecule has 0 aliphatic heterocycles. The third kappa shape index (κ3) is 3.32. The first-order valence-corrected chi connectivity index (χ1v) is 8.11. The predicted octanol–water partition coefficient (Wildman–Crippen LogP) is 2.03. The molecule has 0 bridgehead atoms. The van der Waals surface area contributed by atoms with Crippen LogP contribution in [-0.2, 0) is 0 Å². The number of aromatic nitrogens is 5. The summed E-state index contributed by atoms with van der Waals surface area (Å²) in [6.07, 6.45) is 1.33. The number of hydrogen-bond acceptors (Lipinski definition) is 8.